The molecule has 2 aliphatic rings. The Kier molecular flexibility index (Phi) is 4.50. The number of nitrogens with one attached hydrogen (secondary N) is 1. The highest BCUT2D eigenvalue weighted by molar-refractivity contribution is 5.78. The van der Waals surface area contributed by atoms with Crippen molar-refractivity contribution in [2.45, 2.75) is 18.9 Å². The highest BCUT2D eigenvalue weighted by Crippen LogP contribution is 2.37. The summed E-state index contributed by atoms with van der Waals surface area (Å²) in [5, 5.41) is 2.72. The quantitative estimate of drug-likeness (QED) is 0.853. The summed E-state index contributed by atoms with van der Waals surface area (Å²) >= 11 is 0. The third kappa shape index (κ3) is 3.18. The molecule has 0 bridgehead atoms. The molecule has 2 heterocycles. The van der Waals surface area contributed by atoms with Gasteiger partial charge in [0.2, 0.25) is 5.91 Å². The summed E-state index contributed by atoms with van der Waals surface area (Å²) in [6, 6.07) is 6.30. The van der Waals surface area contributed by atoms with Gasteiger partial charge in [-0.05, 0) is 37.1 Å². The molecule has 3 rings (SSSR count). The molecule has 1 saturated heterocycles. The second-order valence-electron chi connectivity index (χ2n) is 5.51. The van der Waals surface area contributed by atoms with Gasteiger partial charge in [-0.25, -0.2) is 0 Å². The Hall–Kier alpha value is -2.19. The summed E-state index contributed by atoms with van der Waals surface area (Å²) in [6.07, 6.45) is 7.29. The van der Waals surface area contributed by atoms with Crippen molar-refractivity contribution in [1.82, 2.24) is 10.2 Å². The molecule has 0 spiro atoms. The molecule has 0 saturated carbocycles. The molecule has 5 heteroatoms. The Morgan fingerprint density at radius 1 is 1.36 bits per heavy atom. The van der Waals surface area contributed by atoms with E-state index in [0.717, 1.165) is 30.9 Å². The van der Waals surface area contributed by atoms with Gasteiger partial charge in [-0.1, -0.05) is 12.0 Å². The molecule has 0 aromatic heterocycles. The minimum atomic E-state index is -0.0256. The van der Waals surface area contributed by atoms with Crippen molar-refractivity contribution in [2.24, 2.45) is 0 Å². The second-order valence-corrected chi connectivity index (χ2v) is 5.51. The Morgan fingerprint density at radius 2 is 2.18 bits per heavy atom. The van der Waals surface area contributed by atoms with Gasteiger partial charge >= 0.3 is 0 Å². The van der Waals surface area contributed by atoms with Crippen molar-refractivity contribution in [3.05, 3.63) is 23.8 Å². The zero-order chi connectivity index (χ0) is 15.4. The maximum atomic E-state index is 11.9. The van der Waals surface area contributed by atoms with Crippen LogP contribution in [0.1, 0.15) is 24.4 Å². The predicted molar refractivity (Wildman–Crippen MR) is 82.8 cm³/mol. The Labute approximate surface area is 130 Å². The highest BCUT2D eigenvalue weighted by Gasteiger charge is 2.28. The van der Waals surface area contributed by atoms with Crippen molar-refractivity contribution in [1.29, 1.82) is 0 Å². The number of ether oxygens (including phenoxy) is 2. The number of terminal acetylenes is 1. The number of fused-ring (bicyclic) bond motifs is 1. The largest absolute Gasteiger partial charge is 0.486 e. The van der Waals surface area contributed by atoms with Crippen molar-refractivity contribution in [3.63, 3.8) is 0 Å². The van der Waals surface area contributed by atoms with Crippen LogP contribution in [0.25, 0.3) is 0 Å². The van der Waals surface area contributed by atoms with Crippen LogP contribution in [-0.2, 0) is 4.79 Å². The summed E-state index contributed by atoms with van der Waals surface area (Å²) < 4.78 is 11.2. The summed E-state index contributed by atoms with van der Waals surface area (Å²) in [6.45, 7) is 2.75. The molecular weight excluding hydrogens is 280 g/mol. The third-order valence-electron chi connectivity index (χ3n) is 4.05. The first-order chi connectivity index (χ1) is 10.8. The zero-order valence-corrected chi connectivity index (χ0v) is 12.5. The van der Waals surface area contributed by atoms with E-state index in [1.54, 1.807) is 0 Å². The molecule has 1 aromatic carbocycles. The van der Waals surface area contributed by atoms with E-state index in [9.17, 15) is 4.79 Å². The monoisotopic (exact) mass is 300 g/mol. The van der Waals surface area contributed by atoms with Gasteiger partial charge in [0, 0.05) is 6.04 Å². The van der Waals surface area contributed by atoms with Crippen LogP contribution in [0, 0.1) is 12.3 Å². The number of hydrogen-bond donors (Lipinski definition) is 1. The van der Waals surface area contributed by atoms with Gasteiger partial charge in [0.15, 0.2) is 11.5 Å². The van der Waals surface area contributed by atoms with Crippen LogP contribution in [0.5, 0.6) is 11.5 Å². The highest BCUT2D eigenvalue weighted by atomic mass is 16.6. The van der Waals surface area contributed by atoms with E-state index >= 15 is 0 Å². The van der Waals surface area contributed by atoms with E-state index in [1.807, 2.05) is 12.1 Å². The Balaban J connectivity index is 1.70. The van der Waals surface area contributed by atoms with Crippen molar-refractivity contribution in [2.75, 3.05) is 32.8 Å². The topological polar surface area (TPSA) is 50.8 Å². The lowest BCUT2D eigenvalue weighted by atomic mass is 10.0. The van der Waals surface area contributed by atoms with Gasteiger partial charge < -0.3 is 14.8 Å². The van der Waals surface area contributed by atoms with Crippen LogP contribution in [-0.4, -0.2) is 43.7 Å². The molecule has 2 aliphatic heterocycles. The number of amides is 1. The summed E-state index contributed by atoms with van der Waals surface area (Å²) in [4.78, 5) is 14.1. The molecule has 0 aliphatic carbocycles. The number of hydrogen-bond acceptors (Lipinski definition) is 4. The minimum Gasteiger partial charge on any atom is -0.486 e. The lowest BCUT2D eigenvalue weighted by Crippen LogP contribution is -2.37. The standard InChI is InChI=1S/C17H20N2O3/c1-2-7-18-17(20)12-19-8-3-4-14(19)13-5-6-15-16(11-13)22-10-9-21-15/h1,5-6,11,14H,3-4,7-10,12H2,(H,18,20)/t14-/m1/s1. The number of carbonyl (C=O) groups is 1. The van der Waals surface area contributed by atoms with Crippen LogP contribution >= 0.6 is 0 Å². The maximum Gasteiger partial charge on any atom is 0.234 e. The van der Waals surface area contributed by atoms with Gasteiger partial charge in [-0.2, -0.15) is 0 Å². The van der Waals surface area contributed by atoms with Crippen LogP contribution in [0.3, 0.4) is 0 Å². The normalized spacial score (nSPS) is 20.4. The summed E-state index contributed by atoms with van der Waals surface area (Å²) in [5.74, 6) is 3.99. The molecule has 116 valence electrons. The van der Waals surface area contributed by atoms with Crippen molar-refractivity contribution < 1.29 is 14.3 Å². The third-order valence-corrected chi connectivity index (χ3v) is 4.05. The van der Waals surface area contributed by atoms with Gasteiger partial charge in [0.05, 0.1) is 13.1 Å². The van der Waals surface area contributed by atoms with Crippen molar-refractivity contribution in [3.8, 4) is 23.8 Å². The molecule has 5 nitrogen and oxygen atoms in total. The second kappa shape index (κ2) is 6.71. The molecule has 1 N–H and O–H groups in total. The molecule has 1 aromatic rings. The van der Waals surface area contributed by atoms with E-state index in [1.165, 1.54) is 5.56 Å². The molecule has 1 atom stereocenters. The van der Waals surface area contributed by atoms with E-state index in [-0.39, 0.29) is 18.5 Å². The minimum absolute atomic E-state index is 0.0256. The van der Waals surface area contributed by atoms with Crippen LogP contribution in [0.15, 0.2) is 18.2 Å². The predicted octanol–water partition coefficient (Wildman–Crippen LogP) is 1.34. The SMILES string of the molecule is C#CCNC(=O)CN1CCC[C@@H]1c1ccc2c(c1)OCCO2. The van der Waals surface area contributed by atoms with E-state index in [4.69, 9.17) is 15.9 Å². The molecule has 0 radical (unpaired) electrons. The zero-order valence-electron chi connectivity index (χ0n) is 12.5. The molecule has 0 unspecified atom stereocenters. The average molecular weight is 300 g/mol. The first kappa shape index (κ1) is 14.7. The van der Waals surface area contributed by atoms with Crippen molar-refractivity contribution >= 4 is 5.91 Å². The molecule has 22 heavy (non-hydrogen) atoms. The number of likely N-dealkylation sites (tertiary alicyclic amines) is 1. The number of carbonyl (C=O) groups excluding carboxylic acids is 1. The lowest BCUT2D eigenvalue weighted by molar-refractivity contribution is -0.122. The molecular formula is C17H20N2O3. The van der Waals surface area contributed by atoms with Gasteiger partial charge in [-0.15, -0.1) is 6.42 Å². The van der Waals surface area contributed by atoms with Crippen LogP contribution in [0.2, 0.25) is 0 Å². The van der Waals surface area contributed by atoms with E-state index in [2.05, 4.69) is 22.2 Å². The summed E-state index contributed by atoms with van der Waals surface area (Å²) in [7, 11) is 0. The fraction of sp³-hybridized carbons (Fsp3) is 0.471. The molecule has 1 amide bonds. The van der Waals surface area contributed by atoms with E-state index in [0.29, 0.717) is 19.8 Å². The fourth-order valence-corrected chi connectivity index (χ4v) is 3.05. The first-order valence-electron chi connectivity index (χ1n) is 7.61. The van der Waals surface area contributed by atoms with Crippen LogP contribution in [0.4, 0.5) is 0 Å². The van der Waals surface area contributed by atoms with Gasteiger partial charge in [0.1, 0.15) is 13.2 Å². The smallest absolute Gasteiger partial charge is 0.234 e. The van der Waals surface area contributed by atoms with Gasteiger partial charge in [0.25, 0.3) is 0 Å². The number of benzene rings is 1. The summed E-state index contributed by atoms with van der Waals surface area (Å²) in [5.41, 5.74) is 1.17. The number of rotatable bonds is 4. The average Bonchev–Trinajstić information content (AvgIpc) is 3.00. The molecule has 1 fully saturated rings. The first-order valence-corrected chi connectivity index (χ1v) is 7.61. The maximum absolute atomic E-state index is 11.9. The Bertz CT molecular complexity index is 594. The Morgan fingerprint density at radius 3 is 3.00 bits per heavy atom. The van der Waals surface area contributed by atoms with Crippen LogP contribution < -0.4 is 14.8 Å². The lowest BCUT2D eigenvalue weighted by Gasteiger charge is -2.26. The fourth-order valence-electron chi connectivity index (χ4n) is 3.05. The van der Waals surface area contributed by atoms with Gasteiger partial charge in [-0.3, -0.25) is 9.69 Å². The number of nitrogens with zero attached hydrogens (tertiary/aromatic N) is 1. The van der Waals surface area contributed by atoms with E-state index < -0.39 is 0 Å².